The van der Waals surface area contributed by atoms with Crippen molar-refractivity contribution < 1.29 is 13.2 Å². The van der Waals surface area contributed by atoms with Crippen LogP contribution in [0.3, 0.4) is 0 Å². The van der Waals surface area contributed by atoms with E-state index in [-0.39, 0.29) is 29.9 Å². The molecule has 0 radical (unpaired) electrons. The van der Waals surface area contributed by atoms with E-state index in [1.807, 2.05) is 0 Å². The quantitative estimate of drug-likeness (QED) is 0.797. The molecule has 1 aromatic carbocycles. The van der Waals surface area contributed by atoms with Crippen LogP contribution in [0.1, 0.15) is 19.4 Å². The van der Waals surface area contributed by atoms with Gasteiger partial charge in [-0.25, -0.2) is 8.42 Å². The molecular weight excluding hydrogens is 276 g/mol. The Morgan fingerprint density at radius 1 is 1.30 bits per heavy atom. The fourth-order valence-corrected chi connectivity index (χ4v) is 2.97. The van der Waals surface area contributed by atoms with E-state index in [1.165, 1.54) is 4.90 Å². The van der Waals surface area contributed by atoms with Gasteiger partial charge in [-0.1, -0.05) is 19.1 Å². The summed E-state index contributed by atoms with van der Waals surface area (Å²) in [6.45, 7) is 3.35. The molecule has 20 heavy (non-hydrogen) atoms. The number of anilines is 1. The SMILES string of the molecule is CCS(=O)(=O)C[C@@H](C)N(C)C(=O)Cc1ccc(N)cc1. The second-order valence-corrected chi connectivity index (χ2v) is 7.37. The lowest BCUT2D eigenvalue weighted by molar-refractivity contribution is -0.130. The van der Waals surface area contributed by atoms with Crippen molar-refractivity contribution in [2.45, 2.75) is 26.3 Å². The first-order valence-electron chi connectivity index (χ1n) is 6.55. The number of sulfone groups is 1. The number of likely N-dealkylation sites (N-methyl/N-ethyl adjacent to an activating group) is 1. The first kappa shape index (κ1) is 16.5. The van der Waals surface area contributed by atoms with E-state index in [0.717, 1.165) is 5.56 Å². The summed E-state index contributed by atoms with van der Waals surface area (Å²) >= 11 is 0. The number of carbonyl (C=O) groups is 1. The standard InChI is InChI=1S/C14H22N2O3S/c1-4-20(18,19)10-11(2)16(3)14(17)9-12-5-7-13(15)8-6-12/h5-8,11H,4,9-10,15H2,1-3H3/t11-/m1/s1. The van der Waals surface area contributed by atoms with Crippen LogP contribution in [0.5, 0.6) is 0 Å². The summed E-state index contributed by atoms with van der Waals surface area (Å²) in [7, 11) is -1.45. The number of hydrogen-bond donors (Lipinski definition) is 1. The van der Waals surface area contributed by atoms with Crippen LogP contribution >= 0.6 is 0 Å². The number of rotatable bonds is 6. The Balaban J connectivity index is 2.65. The van der Waals surface area contributed by atoms with E-state index in [1.54, 1.807) is 45.2 Å². The van der Waals surface area contributed by atoms with Crippen LogP contribution in [-0.2, 0) is 21.1 Å². The van der Waals surface area contributed by atoms with Crippen LogP contribution in [0.15, 0.2) is 24.3 Å². The summed E-state index contributed by atoms with van der Waals surface area (Å²) in [4.78, 5) is 13.6. The van der Waals surface area contributed by atoms with E-state index in [0.29, 0.717) is 5.69 Å². The molecule has 2 N–H and O–H groups in total. The first-order chi connectivity index (χ1) is 9.25. The fraction of sp³-hybridized carbons (Fsp3) is 0.500. The first-order valence-corrected chi connectivity index (χ1v) is 8.38. The molecule has 0 fully saturated rings. The molecule has 0 aliphatic heterocycles. The lowest BCUT2D eigenvalue weighted by Crippen LogP contribution is -2.40. The lowest BCUT2D eigenvalue weighted by Gasteiger charge is -2.24. The van der Waals surface area contributed by atoms with Crippen LogP contribution in [0.25, 0.3) is 0 Å². The summed E-state index contributed by atoms with van der Waals surface area (Å²) in [6.07, 6.45) is 0.243. The minimum Gasteiger partial charge on any atom is -0.399 e. The Labute approximate surface area is 120 Å². The third-order valence-electron chi connectivity index (χ3n) is 3.32. The van der Waals surface area contributed by atoms with Gasteiger partial charge in [0.05, 0.1) is 12.2 Å². The molecule has 0 spiro atoms. The molecule has 0 aliphatic rings. The van der Waals surface area contributed by atoms with E-state index < -0.39 is 9.84 Å². The Bertz CT molecular complexity index is 552. The summed E-state index contributed by atoms with van der Waals surface area (Å²) in [5, 5.41) is 0. The van der Waals surface area contributed by atoms with Gasteiger partial charge in [-0.15, -0.1) is 0 Å². The van der Waals surface area contributed by atoms with Gasteiger partial charge in [0.15, 0.2) is 9.84 Å². The molecule has 1 aromatic rings. The van der Waals surface area contributed by atoms with E-state index in [4.69, 9.17) is 5.73 Å². The molecule has 112 valence electrons. The highest BCUT2D eigenvalue weighted by molar-refractivity contribution is 7.91. The van der Waals surface area contributed by atoms with Gasteiger partial charge in [0.25, 0.3) is 0 Å². The predicted octanol–water partition coefficient (Wildman–Crippen LogP) is 1.09. The van der Waals surface area contributed by atoms with Gasteiger partial charge in [0.2, 0.25) is 5.91 Å². The molecule has 1 rings (SSSR count). The third-order valence-corrected chi connectivity index (χ3v) is 5.19. The monoisotopic (exact) mass is 298 g/mol. The molecular formula is C14H22N2O3S. The average molecular weight is 298 g/mol. The number of hydrogen-bond acceptors (Lipinski definition) is 4. The lowest BCUT2D eigenvalue weighted by atomic mass is 10.1. The molecule has 0 saturated heterocycles. The Hall–Kier alpha value is -1.56. The summed E-state index contributed by atoms with van der Waals surface area (Å²) in [5.41, 5.74) is 7.10. The predicted molar refractivity (Wildman–Crippen MR) is 81.1 cm³/mol. The van der Waals surface area contributed by atoms with Crippen LogP contribution < -0.4 is 5.73 Å². The van der Waals surface area contributed by atoms with E-state index in [9.17, 15) is 13.2 Å². The highest BCUT2D eigenvalue weighted by Crippen LogP contribution is 2.09. The molecule has 0 saturated carbocycles. The van der Waals surface area contributed by atoms with Gasteiger partial charge in [-0.05, 0) is 24.6 Å². The normalized spacial score (nSPS) is 12.9. The highest BCUT2D eigenvalue weighted by Gasteiger charge is 2.21. The molecule has 1 amide bonds. The zero-order chi connectivity index (χ0) is 15.3. The Morgan fingerprint density at radius 3 is 2.35 bits per heavy atom. The number of nitrogens with two attached hydrogens (primary N) is 1. The number of amides is 1. The van der Waals surface area contributed by atoms with Crippen molar-refractivity contribution in [3.05, 3.63) is 29.8 Å². The maximum absolute atomic E-state index is 12.1. The summed E-state index contributed by atoms with van der Waals surface area (Å²) < 4.78 is 23.2. The molecule has 0 aliphatic carbocycles. The Morgan fingerprint density at radius 2 is 1.85 bits per heavy atom. The molecule has 6 heteroatoms. The maximum atomic E-state index is 12.1. The topological polar surface area (TPSA) is 80.5 Å². The molecule has 1 atom stereocenters. The second-order valence-electron chi connectivity index (χ2n) is 4.97. The van der Waals surface area contributed by atoms with Crippen molar-refractivity contribution in [2.75, 3.05) is 24.3 Å². The van der Waals surface area contributed by atoms with Gasteiger partial charge in [0.1, 0.15) is 0 Å². The number of carbonyl (C=O) groups excluding carboxylic acids is 1. The zero-order valence-corrected chi connectivity index (χ0v) is 13.0. The summed E-state index contributed by atoms with van der Waals surface area (Å²) in [6, 6.07) is 6.76. The van der Waals surface area contributed by atoms with Crippen LogP contribution in [0.2, 0.25) is 0 Å². The molecule has 0 aromatic heterocycles. The van der Waals surface area contributed by atoms with Crippen molar-refractivity contribution in [3.8, 4) is 0 Å². The maximum Gasteiger partial charge on any atom is 0.227 e. The second kappa shape index (κ2) is 6.74. The molecule has 5 nitrogen and oxygen atoms in total. The number of benzene rings is 1. The van der Waals surface area contributed by atoms with Gasteiger partial charge >= 0.3 is 0 Å². The molecule has 0 heterocycles. The minimum absolute atomic E-state index is 0.00647. The van der Waals surface area contributed by atoms with Crippen LogP contribution in [0, 0.1) is 0 Å². The van der Waals surface area contributed by atoms with Gasteiger partial charge in [-0.2, -0.15) is 0 Å². The highest BCUT2D eigenvalue weighted by atomic mass is 32.2. The van der Waals surface area contributed by atoms with Crippen molar-refractivity contribution in [2.24, 2.45) is 0 Å². The zero-order valence-electron chi connectivity index (χ0n) is 12.2. The molecule has 0 bridgehead atoms. The Kier molecular flexibility index (Phi) is 5.56. The average Bonchev–Trinajstić information content (AvgIpc) is 2.40. The number of nitrogens with zero attached hydrogens (tertiary/aromatic N) is 1. The van der Waals surface area contributed by atoms with Crippen LogP contribution in [0.4, 0.5) is 5.69 Å². The summed E-state index contributed by atoms with van der Waals surface area (Å²) in [5.74, 6) is -0.0151. The van der Waals surface area contributed by atoms with Crippen molar-refractivity contribution in [1.29, 1.82) is 0 Å². The largest absolute Gasteiger partial charge is 0.399 e. The number of nitrogen functional groups attached to an aromatic ring is 1. The van der Waals surface area contributed by atoms with E-state index in [2.05, 4.69) is 0 Å². The van der Waals surface area contributed by atoms with Crippen molar-refractivity contribution in [3.63, 3.8) is 0 Å². The van der Waals surface area contributed by atoms with E-state index >= 15 is 0 Å². The minimum atomic E-state index is -3.09. The fourth-order valence-electron chi connectivity index (χ4n) is 1.78. The van der Waals surface area contributed by atoms with Crippen molar-refractivity contribution in [1.82, 2.24) is 4.90 Å². The molecule has 0 unspecified atom stereocenters. The van der Waals surface area contributed by atoms with Gasteiger partial charge in [0, 0.05) is 24.5 Å². The van der Waals surface area contributed by atoms with Crippen LogP contribution in [-0.4, -0.2) is 43.8 Å². The third kappa shape index (κ3) is 4.85. The smallest absolute Gasteiger partial charge is 0.227 e. The van der Waals surface area contributed by atoms with Gasteiger partial charge < -0.3 is 10.6 Å². The van der Waals surface area contributed by atoms with Gasteiger partial charge in [-0.3, -0.25) is 4.79 Å². The van der Waals surface area contributed by atoms with Crippen molar-refractivity contribution >= 4 is 21.4 Å².